The molecule has 5 heteroatoms. The lowest BCUT2D eigenvalue weighted by molar-refractivity contribution is -0.140. The Bertz CT molecular complexity index is 704. The van der Waals surface area contributed by atoms with Crippen LogP contribution < -0.4 is 5.32 Å². The van der Waals surface area contributed by atoms with Crippen molar-refractivity contribution in [2.24, 2.45) is 5.92 Å². The zero-order chi connectivity index (χ0) is 16.9. The van der Waals surface area contributed by atoms with Gasteiger partial charge in [-0.1, -0.05) is 54.6 Å². The Labute approximate surface area is 140 Å². The first kappa shape index (κ1) is 16.1. The van der Waals surface area contributed by atoms with Gasteiger partial charge in [-0.3, -0.25) is 0 Å². The Kier molecular flexibility index (Phi) is 4.79. The maximum absolute atomic E-state index is 12.0. The van der Waals surface area contributed by atoms with E-state index in [1.807, 2.05) is 54.6 Å². The fraction of sp³-hybridized carbons (Fsp3) is 0.263. The van der Waals surface area contributed by atoms with Crippen molar-refractivity contribution in [3.8, 4) is 0 Å². The van der Waals surface area contributed by atoms with Crippen LogP contribution in [-0.4, -0.2) is 23.2 Å². The molecule has 0 radical (unpaired) electrons. The van der Waals surface area contributed by atoms with Crippen molar-refractivity contribution in [3.05, 3.63) is 71.3 Å². The minimum atomic E-state index is -1.04. The van der Waals surface area contributed by atoms with Crippen LogP contribution >= 0.6 is 0 Å². The van der Waals surface area contributed by atoms with Crippen molar-refractivity contribution in [2.45, 2.75) is 25.5 Å². The molecule has 1 atom stereocenters. The van der Waals surface area contributed by atoms with E-state index in [2.05, 4.69) is 5.32 Å². The molecule has 2 aromatic rings. The number of alkyl carbamates (subject to hydrolysis) is 1. The Morgan fingerprint density at radius 3 is 2.21 bits per heavy atom. The van der Waals surface area contributed by atoms with E-state index in [0.717, 1.165) is 16.7 Å². The number of carbonyl (C=O) groups excluding carboxylic acids is 1. The maximum Gasteiger partial charge on any atom is 0.408 e. The number of hydrogen-bond acceptors (Lipinski definition) is 3. The average molecular weight is 325 g/mol. The van der Waals surface area contributed by atoms with Crippen molar-refractivity contribution < 1.29 is 19.4 Å². The monoisotopic (exact) mass is 325 g/mol. The predicted octanol–water partition coefficient (Wildman–Crippen LogP) is 2.78. The zero-order valence-corrected chi connectivity index (χ0v) is 13.1. The van der Waals surface area contributed by atoms with E-state index in [0.29, 0.717) is 12.8 Å². The van der Waals surface area contributed by atoms with E-state index < -0.39 is 18.1 Å². The summed E-state index contributed by atoms with van der Waals surface area (Å²) in [6.45, 7) is 0.115. The molecule has 5 nitrogen and oxygen atoms in total. The van der Waals surface area contributed by atoms with Crippen LogP contribution in [0.5, 0.6) is 0 Å². The molecule has 0 aliphatic heterocycles. The number of benzene rings is 2. The van der Waals surface area contributed by atoms with Gasteiger partial charge in [0.15, 0.2) is 0 Å². The SMILES string of the molecule is O=C(N[C@H](C(=O)O)C1Cc2ccccc2C1)OCc1ccccc1. The highest BCUT2D eigenvalue weighted by molar-refractivity contribution is 5.80. The van der Waals surface area contributed by atoms with Gasteiger partial charge in [0.25, 0.3) is 0 Å². The van der Waals surface area contributed by atoms with E-state index in [9.17, 15) is 14.7 Å². The molecule has 3 rings (SSSR count). The van der Waals surface area contributed by atoms with Gasteiger partial charge in [0.1, 0.15) is 12.6 Å². The number of aliphatic carboxylic acids is 1. The second-order valence-corrected chi connectivity index (χ2v) is 5.96. The van der Waals surface area contributed by atoms with Crippen LogP contribution in [0.1, 0.15) is 16.7 Å². The summed E-state index contributed by atoms with van der Waals surface area (Å²) in [5, 5.41) is 12.0. The van der Waals surface area contributed by atoms with Crippen LogP contribution in [0.3, 0.4) is 0 Å². The molecule has 124 valence electrons. The molecular weight excluding hydrogens is 306 g/mol. The van der Waals surface area contributed by atoms with Crippen LogP contribution in [-0.2, 0) is 29.0 Å². The molecule has 0 spiro atoms. The number of hydrogen-bond donors (Lipinski definition) is 2. The van der Waals surface area contributed by atoms with Crippen LogP contribution in [0.15, 0.2) is 54.6 Å². The molecule has 2 aromatic carbocycles. The Balaban J connectivity index is 1.59. The minimum absolute atomic E-state index is 0.115. The molecule has 1 aliphatic rings. The van der Waals surface area contributed by atoms with E-state index in [1.54, 1.807) is 0 Å². The number of amides is 1. The van der Waals surface area contributed by atoms with Gasteiger partial charge in [-0.15, -0.1) is 0 Å². The maximum atomic E-state index is 12.0. The van der Waals surface area contributed by atoms with E-state index in [1.165, 1.54) is 0 Å². The molecular formula is C19H19NO4. The highest BCUT2D eigenvalue weighted by Crippen LogP contribution is 2.28. The van der Waals surface area contributed by atoms with Gasteiger partial charge in [-0.05, 0) is 35.4 Å². The summed E-state index contributed by atoms with van der Waals surface area (Å²) in [6.07, 6.45) is 0.584. The van der Waals surface area contributed by atoms with Crippen molar-refractivity contribution in [1.29, 1.82) is 0 Å². The molecule has 0 saturated carbocycles. The summed E-state index contributed by atoms with van der Waals surface area (Å²) in [5.41, 5.74) is 3.15. The first-order chi connectivity index (χ1) is 11.6. The smallest absolute Gasteiger partial charge is 0.408 e. The summed E-state index contributed by atoms with van der Waals surface area (Å²) < 4.78 is 5.13. The number of rotatable bonds is 5. The van der Waals surface area contributed by atoms with Gasteiger partial charge in [0, 0.05) is 0 Å². The van der Waals surface area contributed by atoms with Gasteiger partial charge in [0.2, 0.25) is 0 Å². The summed E-state index contributed by atoms with van der Waals surface area (Å²) in [5.74, 6) is -1.20. The third kappa shape index (κ3) is 3.74. The summed E-state index contributed by atoms with van der Waals surface area (Å²) in [6, 6.07) is 16.2. The Morgan fingerprint density at radius 1 is 1.04 bits per heavy atom. The first-order valence-corrected chi connectivity index (χ1v) is 7.90. The number of fused-ring (bicyclic) bond motifs is 1. The highest BCUT2D eigenvalue weighted by atomic mass is 16.5. The Morgan fingerprint density at radius 2 is 1.62 bits per heavy atom. The van der Waals surface area contributed by atoms with Crippen LogP contribution in [0.2, 0.25) is 0 Å². The molecule has 0 fully saturated rings. The lowest BCUT2D eigenvalue weighted by Gasteiger charge is -2.20. The number of carboxylic acids is 1. The molecule has 0 heterocycles. The van der Waals surface area contributed by atoms with Gasteiger partial charge < -0.3 is 15.2 Å². The van der Waals surface area contributed by atoms with Gasteiger partial charge >= 0.3 is 12.1 Å². The van der Waals surface area contributed by atoms with Crippen molar-refractivity contribution in [1.82, 2.24) is 5.32 Å². The van der Waals surface area contributed by atoms with Gasteiger partial charge in [0.05, 0.1) is 0 Å². The summed E-state index contributed by atoms with van der Waals surface area (Å²) in [4.78, 5) is 23.5. The van der Waals surface area contributed by atoms with Crippen molar-refractivity contribution >= 4 is 12.1 Å². The second-order valence-electron chi connectivity index (χ2n) is 5.96. The summed E-state index contributed by atoms with van der Waals surface area (Å²) >= 11 is 0. The van der Waals surface area contributed by atoms with Crippen LogP contribution in [0.25, 0.3) is 0 Å². The molecule has 2 N–H and O–H groups in total. The molecule has 0 saturated heterocycles. The van der Waals surface area contributed by atoms with E-state index >= 15 is 0 Å². The van der Waals surface area contributed by atoms with Crippen molar-refractivity contribution in [3.63, 3.8) is 0 Å². The molecule has 0 aromatic heterocycles. The fourth-order valence-corrected chi connectivity index (χ4v) is 3.10. The average Bonchev–Trinajstić information content (AvgIpc) is 3.02. The van der Waals surface area contributed by atoms with E-state index in [4.69, 9.17) is 4.74 Å². The largest absolute Gasteiger partial charge is 0.480 e. The molecule has 1 aliphatic carbocycles. The number of carbonyl (C=O) groups is 2. The minimum Gasteiger partial charge on any atom is -0.480 e. The topological polar surface area (TPSA) is 75.6 Å². The molecule has 0 unspecified atom stereocenters. The third-order valence-corrected chi connectivity index (χ3v) is 4.31. The first-order valence-electron chi connectivity index (χ1n) is 7.90. The fourth-order valence-electron chi connectivity index (χ4n) is 3.10. The lowest BCUT2D eigenvalue weighted by Crippen LogP contribution is -2.46. The van der Waals surface area contributed by atoms with Crippen molar-refractivity contribution in [2.75, 3.05) is 0 Å². The van der Waals surface area contributed by atoms with Gasteiger partial charge in [-0.2, -0.15) is 0 Å². The molecule has 24 heavy (non-hydrogen) atoms. The van der Waals surface area contributed by atoms with Crippen LogP contribution in [0, 0.1) is 5.92 Å². The zero-order valence-electron chi connectivity index (χ0n) is 13.1. The summed E-state index contributed by atoms with van der Waals surface area (Å²) in [7, 11) is 0. The molecule has 1 amide bonds. The predicted molar refractivity (Wildman–Crippen MR) is 88.5 cm³/mol. The number of nitrogens with one attached hydrogen (secondary N) is 1. The normalized spacial score (nSPS) is 14.7. The van der Waals surface area contributed by atoms with E-state index in [-0.39, 0.29) is 12.5 Å². The Hall–Kier alpha value is -2.82. The van der Waals surface area contributed by atoms with Gasteiger partial charge in [-0.25, -0.2) is 9.59 Å². The quantitative estimate of drug-likeness (QED) is 0.886. The second kappa shape index (κ2) is 7.17. The number of ether oxygens (including phenoxy) is 1. The lowest BCUT2D eigenvalue weighted by atomic mass is 9.97. The third-order valence-electron chi connectivity index (χ3n) is 4.31. The highest BCUT2D eigenvalue weighted by Gasteiger charge is 2.34. The molecule has 0 bridgehead atoms. The standard InChI is InChI=1S/C19H19NO4/c21-18(22)17(16-10-14-8-4-5-9-15(14)11-16)20-19(23)24-12-13-6-2-1-3-7-13/h1-9,16-17H,10-12H2,(H,20,23)(H,21,22)/t17-/m0/s1. The van der Waals surface area contributed by atoms with Crippen LogP contribution in [0.4, 0.5) is 4.79 Å². The number of carboxylic acid groups (broad SMARTS) is 1.